The highest BCUT2D eigenvalue weighted by molar-refractivity contribution is 4.89. The zero-order valence-electron chi connectivity index (χ0n) is 10.2. The Labute approximate surface area is 93.8 Å². The standard InChI is InChI=1S/C13H25NO/c1-10-8-9-15-13(10)12(14-2)11-6-4-3-5-7-11/h10-14H,3-9H2,1-2H3. The number of ether oxygens (including phenoxy) is 1. The quantitative estimate of drug-likeness (QED) is 0.774. The maximum Gasteiger partial charge on any atom is 0.0756 e. The molecule has 3 unspecified atom stereocenters. The van der Waals surface area contributed by atoms with E-state index in [0.29, 0.717) is 12.1 Å². The minimum atomic E-state index is 0.470. The van der Waals surface area contributed by atoms with E-state index in [2.05, 4.69) is 19.3 Å². The summed E-state index contributed by atoms with van der Waals surface area (Å²) in [5.41, 5.74) is 0. The Kier molecular flexibility index (Phi) is 4.04. The fourth-order valence-corrected chi connectivity index (χ4v) is 3.34. The number of rotatable bonds is 3. The highest BCUT2D eigenvalue weighted by Gasteiger charge is 2.36. The maximum absolute atomic E-state index is 5.91. The number of nitrogens with one attached hydrogen (secondary N) is 1. The molecule has 0 bridgehead atoms. The van der Waals surface area contributed by atoms with Crippen LogP contribution in [-0.4, -0.2) is 25.8 Å². The van der Waals surface area contributed by atoms with Gasteiger partial charge in [0.05, 0.1) is 6.10 Å². The largest absolute Gasteiger partial charge is 0.376 e. The molecule has 2 nitrogen and oxygen atoms in total. The highest BCUT2D eigenvalue weighted by atomic mass is 16.5. The Hall–Kier alpha value is -0.0800. The lowest BCUT2D eigenvalue weighted by Crippen LogP contribution is -2.46. The van der Waals surface area contributed by atoms with Gasteiger partial charge in [-0.1, -0.05) is 26.2 Å². The first-order valence-corrected chi connectivity index (χ1v) is 6.62. The molecule has 15 heavy (non-hydrogen) atoms. The van der Waals surface area contributed by atoms with Crippen molar-refractivity contribution in [2.24, 2.45) is 11.8 Å². The minimum Gasteiger partial charge on any atom is -0.376 e. The zero-order valence-corrected chi connectivity index (χ0v) is 10.2. The fourth-order valence-electron chi connectivity index (χ4n) is 3.34. The summed E-state index contributed by atoms with van der Waals surface area (Å²) in [6.07, 6.45) is 8.80. The lowest BCUT2D eigenvalue weighted by molar-refractivity contribution is 0.0361. The number of hydrogen-bond donors (Lipinski definition) is 1. The monoisotopic (exact) mass is 211 g/mol. The topological polar surface area (TPSA) is 21.3 Å². The predicted octanol–water partition coefficient (Wildman–Crippen LogP) is 2.58. The molecule has 0 aromatic rings. The van der Waals surface area contributed by atoms with Crippen LogP contribution in [0.15, 0.2) is 0 Å². The molecule has 2 aliphatic rings. The van der Waals surface area contributed by atoms with Crippen LogP contribution >= 0.6 is 0 Å². The van der Waals surface area contributed by atoms with Gasteiger partial charge in [-0.3, -0.25) is 0 Å². The van der Waals surface area contributed by atoms with Crippen LogP contribution in [0.3, 0.4) is 0 Å². The smallest absolute Gasteiger partial charge is 0.0756 e. The van der Waals surface area contributed by atoms with E-state index in [1.807, 2.05) is 0 Å². The molecule has 0 radical (unpaired) electrons. The molecule has 2 rings (SSSR count). The molecule has 1 N–H and O–H groups in total. The molecule has 0 spiro atoms. The molecular formula is C13H25NO. The second-order valence-electron chi connectivity index (χ2n) is 5.31. The molecule has 1 aliphatic heterocycles. The fraction of sp³-hybridized carbons (Fsp3) is 1.00. The molecule has 0 aromatic carbocycles. The van der Waals surface area contributed by atoms with Crippen LogP contribution in [-0.2, 0) is 4.74 Å². The van der Waals surface area contributed by atoms with Gasteiger partial charge in [0.15, 0.2) is 0 Å². The molecule has 2 heteroatoms. The van der Waals surface area contributed by atoms with Crippen LogP contribution in [0.25, 0.3) is 0 Å². The van der Waals surface area contributed by atoms with Crippen molar-refractivity contribution < 1.29 is 4.74 Å². The first kappa shape index (κ1) is 11.4. The second-order valence-corrected chi connectivity index (χ2v) is 5.31. The van der Waals surface area contributed by atoms with Gasteiger partial charge in [0.2, 0.25) is 0 Å². The van der Waals surface area contributed by atoms with Gasteiger partial charge >= 0.3 is 0 Å². The van der Waals surface area contributed by atoms with E-state index in [9.17, 15) is 0 Å². The molecule has 1 heterocycles. The van der Waals surface area contributed by atoms with Crippen LogP contribution in [0.1, 0.15) is 45.4 Å². The predicted molar refractivity (Wildman–Crippen MR) is 62.9 cm³/mol. The molecule has 88 valence electrons. The van der Waals surface area contributed by atoms with E-state index in [0.717, 1.165) is 18.4 Å². The van der Waals surface area contributed by atoms with Crippen molar-refractivity contribution >= 4 is 0 Å². The van der Waals surface area contributed by atoms with Gasteiger partial charge in [-0.05, 0) is 38.1 Å². The summed E-state index contributed by atoms with van der Waals surface area (Å²) in [4.78, 5) is 0. The average Bonchev–Trinajstić information content (AvgIpc) is 2.68. The van der Waals surface area contributed by atoms with Gasteiger partial charge < -0.3 is 10.1 Å². The first-order chi connectivity index (χ1) is 7.33. The normalized spacial score (nSPS) is 35.6. The van der Waals surface area contributed by atoms with Gasteiger partial charge in [-0.2, -0.15) is 0 Å². The van der Waals surface area contributed by atoms with E-state index < -0.39 is 0 Å². The van der Waals surface area contributed by atoms with Crippen molar-refractivity contribution in [1.29, 1.82) is 0 Å². The van der Waals surface area contributed by atoms with Crippen LogP contribution in [0.2, 0.25) is 0 Å². The summed E-state index contributed by atoms with van der Waals surface area (Å²) in [7, 11) is 2.10. The number of likely N-dealkylation sites (N-methyl/N-ethyl adjacent to an activating group) is 1. The molecule has 1 saturated heterocycles. The first-order valence-electron chi connectivity index (χ1n) is 6.62. The maximum atomic E-state index is 5.91. The van der Waals surface area contributed by atoms with Gasteiger partial charge in [0, 0.05) is 12.6 Å². The van der Waals surface area contributed by atoms with Crippen molar-refractivity contribution in [2.75, 3.05) is 13.7 Å². The molecular weight excluding hydrogens is 186 g/mol. The summed E-state index contributed by atoms with van der Waals surface area (Å²) in [5, 5.41) is 3.52. The van der Waals surface area contributed by atoms with Crippen molar-refractivity contribution in [2.45, 2.75) is 57.6 Å². The third-order valence-corrected chi connectivity index (χ3v) is 4.29. The highest BCUT2D eigenvalue weighted by Crippen LogP contribution is 2.33. The van der Waals surface area contributed by atoms with Crippen LogP contribution < -0.4 is 5.32 Å². The van der Waals surface area contributed by atoms with Gasteiger partial charge in [-0.25, -0.2) is 0 Å². The van der Waals surface area contributed by atoms with Gasteiger partial charge in [0.25, 0.3) is 0 Å². The summed E-state index contributed by atoms with van der Waals surface area (Å²) in [6, 6.07) is 0.600. The number of hydrogen-bond acceptors (Lipinski definition) is 2. The molecule has 0 aromatic heterocycles. The van der Waals surface area contributed by atoms with Crippen LogP contribution in [0.4, 0.5) is 0 Å². The Morgan fingerprint density at radius 2 is 1.87 bits per heavy atom. The molecule has 1 saturated carbocycles. The summed E-state index contributed by atoms with van der Waals surface area (Å²) in [5.74, 6) is 1.60. The minimum absolute atomic E-state index is 0.470. The van der Waals surface area contributed by atoms with Crippen molar-refractivity contribution in [3.8, 4) is 0 Å². The average molecular weight is 211 g/mol. The molecule has 3 atom stereocenters. The van der Waals surface area contributed by atoms with E-state index >= 15 is 0 Å². The Bertz CT molecular complexity index is 189. The van der Waals surface area contributed by atoms with E-state index in [4.69, 9.17) is 4.74 Å². The Morgan fingerprint density at radius 3 is 2.40 bits per heavy atom. The third kappa shape index (κ3) is 2.54. The Morgan fingerprint density at radius 1 is 1.13 bits per heavy atom. The van der Waals surface area contributed by atoms with Crippen LogP contribution in [0.5, 0.6) is 0 Å². The van der Waals surface area contributed by atoms with E-state index in [-0.39, 0.29) is 0 Å². The Balaban J connectivity index is 1.95. The molecule has 0 amide bonds. The summed E-state index contributed by atoms with van der Waals surface area (Å²) >= 11 is 0. The van der Waals surface area contributed by atoms with Crippen molar-refractivity contribution in [3.05, 3.63) is 0 Å². The lowest BCUT2D eigenvalue weighted by Gasteiger charge is -2.35. The van der Waals surface area contributed by atoms with E-state index in [1.165, 1.54) is 38.5 Å². The van der Waals surface area contributed by atoms with Gasteiger partial charge in [0.1, 0.15) is 0 Å². The summed E-state index contributed by atoms with van der Waals surface area (Å²) < 4.78 is 5.91. The lowest BCUT2D eigenvalue weighted by atomic mass is 9.79. The summed E-state index contributed by atoms with van der Waals surface area (Å²) in [6.45, 7) is 3.31. The third-order valence-electron chi connectivity index (χ3n) is 4.29. The van der Waals surface area contributed by atoms with Crippen LogP contribution in [0, 0.1) is 11.8 Å². The van der Waals surface area contributed by atoms with Crippen molar-refractivity contribution in [1.82, 2.24) is 5.32 Å². The van der Waals surface area contributed by atoms with Gasteiger partial charge in [-0.15, -0.1) is 0 Å². The molecule has 1 aliphatic carbocycles. The zero-order chi connectivity index (χ0) is 10.7. The second kappa shape index (κ2) is 5.31. The van der Waals surface area contributed by atoms with E-state index in [1.54, 1.807) is 0 Å². The van der Waals surface area contributed by atoms with Crippen molar-refractivity contribution in [3.63, 3.8) is 0 Å². The molecule has 2 fully saturated rings. The SMILES string of the molecule is CNC(C1CCCCC1)C1OCCC1C.